The van der Waals surface area contributed by atoms with Crippen LogP contribution in [0.1, 0.15) is 16.7 Å². The highest BCUT2D eigenvalue weighted by Crippen LogP contribution is 2.16. The van der Waals surface area contributed by atoms with Crippen molar-refractivity contribution >= 4 is 23.7 Å². The molecule has 0 atom stereocenters. The highest BCUT2D eigenvalue weighted by Gasteiger charge is 2.04. The molecular weight excluding hydrogens is 322 g/mol. The summed E-state index contributed by atoms with van der Waals surface area (Å²) in [6, 6.07) is 25.5. The Morgan fingerprint density at radius 2 is 1.46 bits per heavy atom. The Labute approximate surface area is 154 Å². The minimum absolute atomic E-state index is 0.0391. The minimum Gasteiger partial charge on any atom is -0.497 e. The first kappa shape index (κ1) is 17.5. The van der Waals surface area contributed by atoms with Crippen LogP contribution in [0.5, 0.6) is 5.75 Å². The van der Waals surface area contributed by atoms with E-state index in [1.54, 1.807) is 7.11 Å². The van der Waals surface area contributed by atoms with Crippen LogP contribution >= 0.6 is 0 Å². The summed E-state index contributed by atoms with van der Waals surface area (Å²) in [5.74, 6) is 0.727. The van der Waals surface area contributed by atoms with E-state index in [0.717, 1.165) is 28.1 Å². The SMILES string of the molecule is COc1ccc(NC(=O)Cc2ccc(/C=C/c3ccccc3)cc2)cc1. The van der Waals surface area contributed by atoms with Gasteiger partial charge in [0, 0.05) is 5.69 Å². The van der Waals surface area contributed by atoms with Gasteiger partial charge in [0.15, 0.2) is 0 Å². The lowest BCUT2D eigenvalue weighted by atomic mass is 10.1. The van der Waals surface area contributed by atoms with Gasteiger partial charge in [-0.1, -0.05) is 66.7 Å². The highest BCUT2D eigenvalue weighted by atomic mass is 16.5. The maximum atomic E-state index is 12.2. The molecule has 0 fully saturated rings. The van der Waals surface area contributed by atoms with E-state index in [4.69, 9.17) is 4.74 Å². The summed E-state index contributed by atoms with van der Waals surface area (Å²) < 4.78 is 5.11. The van der Waals surface area contributed by atoms with E-state index >= 15 is 0 Å². The molecule has 3 nitrogen and oxygen atoms in total. The molecule has 26 heavy (non-hydrogen) atoms. The Morgan fingerprint density at radius 1 is 0.846 bits per heavy atom. The number of hydrogen-bond acceptors (Lipinski definition) is 2. The minimum atomic E-state index is -0.0391. The van der Waals surface area contributed by atoms with Gasteiger partial charge in [-0.15, -0.1) is 0 Å². The zero-order valence-corrected chi connectivity index (χ0v) is 14.7. The summed E-state index contributed by atoms with van der Waals surface area (Å²) in [4.78, 5) is 12.2. The molecule has 0 aliphatic heterocycles. The third kappa shape index (κ3) is 5.08. The quantitative estimate of drug-likeness (QED) is 0.636. The van der Waals surface area contributed by atoms with Crippen molar-refractivity contribution in [3.05, 3.63) is 95.6 Å². The highest BCUT2D eigenvalue weighted by molar-refractivity contribution is 5.92. The molecule has 0 aromatic heterocycles. The van der Waals surface area contributed by atoms with E-state index in [2.05, 4.69) is 29.6 Å². The fourth-order valence-electron chi connectivity index (χ4n) is 2.57. The number of benzene rings is 3. The van der Waals surface area contributed by atoms with Gasteiger partial charge in [-0.05, 0) is 41.0 Å². The molecule has 3 rings (SSSR count). The zero-order valence-electron chi connectivity index (χ0n) is 14.7. The van der Waals surface area contributed by atoms with Gasteiger partial charge >= 0.3 is 0 Å². The molecule has 0 bridgehead atoms. The predicted octanol–water partition coefficient (Wildman–Crippen LogP) is 5.05. The third-order valence-corrected chi connectivity index (χ3v) is 3.99. The van der Waals surface area contributed by atoms with Gasteiger partial charge in [0.2, 0.25) is 5.91 Å². The van der Waals surface area contributed by atoms with Crippen LogP contribution in [0.3, 0.4) is 0 Å². The number of rotatable bonds is 6. The molecule has 0 radical (unpaired) electrons. The van der Waals surface area contributed by atoms with Crippen molar-refractivity contribution in [2.75, 3.05) is 12.4 Å². The number of carbonyl (C=O) groups is 1. The first-order valence-electron chi connectivity index (χ1n) is 8.49. The molecule has 0 saturated carbocycles. The second-order valence-electron chi connectivity index (χ2n) is 5.94. The van der Waals surface area contributed by atoms with E-state index in [0.29, 0.717) is 6.42 Å². The molecule has 0 unspecified atom stereocenters. The van der Waals surface area contributed by atoms with E-state index < -0.39 is 0 Å². The van der Waals surface area contributed by atoms with Crippen molar-refractivity contribution in [1.29, 1.82) is 0 Å². The van der Waals surface area contributed by atoms with Gasteiger partial charge in [-0.3, -0.25) is 4.79 Å². The molecule has 1 N–H and O–H groups in total. The maximum absolute atomic E-state index is 12.2. The van der Waals surface area contributed by atoms with Gasteiger partial charge in [0.1, 0.15) is 5.75 Å². The Kier molecular flexibility index (Phi) is 5.84. The summed E-state index contributed by atoms with van der Waals surface area (Å²) in [5, 5.41) is 2.89. The van der Waals surface area contributed by atoms with Crippen LogP contribution in [-0.4, -0.2) is 13.0 Å². The standard InChI is InChI=1S/C23H21NO2/c1-26-22-15-13-21(14-16-22)24-23(25)17-20-11-9-19(10-12-20)8-7-18-5-3-2-4-6-18/h2-16H,17H2,1H3,(H,24,25)/b8-7+. The largest absolute Gasteiger partial charge is 0.497 e. The molecule has 3 heteroatoms. The smallest absolute Gasteiger partial charge is 0.228 e. The van der Waals surface area contributed by atoms with Crippen LogP contribution in [-0.2, 0) is 11.2 Å². The lowest BCUT2D eigenvalue weighted by molar-refractivity contribution is -0.115. The second kappa shape index (κ2) is 8.67. The Bertz CT molecular complexity index is 866. The van der Waals surface area contributed by atoms with E-state index in [-0.39, 0.29) is 5.91 Å². The number of anilines is 1. The van der Waals surface area contributed by atoms with Gasteiger partial charge in [-0.25, -0.2) is 0 Å². The molecular formula is C23H21NO2. The molecule has 130 valence electrons. The van der Waals surface area contributed by atoms with Gasteiger partial charge in [0.25, 0.3) is 0 Å². The summed E-state index contributed by atoms with van der Waals surface area (Å²) in [6.07, 6.45) is 4.48. The van der Waals surface area contributed by atoms with E-state index in [1.165, 1.54) is 0 Å². The van der Waals surface area contributed by atoms with Gasteiger partial charge < -0.3 is 10.1 Å². The monoisotopic (exact) mass is 343 g/mol. The lowest BCUT2D eigenvalue weighted by Crippen LogP contribution is -2.14. The van der Waals surface area contributed by atoms with Crippen molar-refractivity contribution in [1.82, 2.24) is 0 Å². The van der Waals surface area contributed by atoms with Gasteiger partial charge in [0.05, 0.1) is 13.5 Å². The first-order chi connectivity index (χ1) is 12.7. The van der Waals surface area contributed by atoms with Crippen molar-refractivity contribution in [3.8, 4) is 5.75 Å². The Balaban J connectivity index is 1.56. The van der Waals surface area contributed by atoms with Crippen LogP contribution in [0.4, 0.5) is 5.69 Å². The fourth-order valence-corrected chi connectivity index (χ4v) is 2.57. The summed E-state index contributed by atoms with van der Waals surface area (Å²) >= 11 is 0. The molecule has 0 aliphatic rings. The molecule has 3 aromatic rings. The Morgan fingerprint density at radius 3 is 2.08 bits per heavy atom. The molecule has 0 aliphatic carbocycles. The number of nitrogens with one attached hydrogen (secondary N) is 1. The first-order valence-corrected chi connectivity index (χ1v) is 8.49. The average molecular weight is 343 g/mol. The molecule has 0 spiro atoms. The summed E-state index contributed by atoms with van der Waals surface area (Å²) in [7, 11) is 1.62. The molecule has 1 amide bonds. The summed E-state index contributed by atoms with van der Waals surface area (Å²) in [6.45, 7) is 0. The fraction of sp³-hybridized carbons (Fsp3) is 0.0870. The second-order valence-corrected chi connectivity index (χ2v) is 5.94. The van der Waals surface area contributed by atoms with Crippen molar-refractivity contribution in [2.45, 2.75) is 6.42 Å². The normalized spacial score (nSPS) is 10.7. The number of amides is 1. The molecule has 3 aromatic carbocycles. The van der Waals surface area contributed by atoms with Crippen LogP contribution in [0.25, 0.3) is 12.2 Å². The third-order valence-electron chi connectivity index (χ3n) is 3.99. The van der Waals surface area contributed by atoms with Crippen molar-refractivity contribution < 1.29 is 9.53 Å². The van der Waals surface area contributed by atoms with Gasteiger partial charge in [-0.2, -0.15) is 0 Å². The van der Waals surface area contributed by atoms with Crippen molar-refractivity contribution in [2.24, 2.45) is 0 Å². The Hall–Kier alpha value is -3.33. The predicted molar refractivity (Wildman–Crippen MR) is 107 cm³/mol. The van der Waals surface area contributed by atoms with E-state index in [9.17, 15) is 4.79 Å². The van der Waals surface area contributed by atoms with Crippen LogP contribution < -0.4 is 10.1 Å². The number of hydrogen-bond donors (Lipinski definition) is 1. The maximum Gasteiger partial charge on any atom is 0.228 e. The molecule has 0 heterocycles. The molecule has 0 saturated heterocycles. The number of ether oxygens (including phenoxy) is 1. The van der Waals surface area contributed by atoms with Crippen LogP contribution in [0.2, 0.25) is 0 Å². The van der Waals surface area contributed by atoms with E-state index in [1.807, 2.05) is 66.7 Å². The lowest BCUT2D eigenvalue weighted by Gasteiger charge is -2.06. The average Bonchev–Trinajstić information content (AvgIpc) is 2.69. The van der Waals surface area contributed by atoms with Crippen LogP contribution in [0.15, 0.2) is 78.9 Å². The number of methoxy groups -OCH3 is 1. The zero-order chi connectivity index (χ0) is 18.2. The number of carbonyl (C=O) groups excluding carboxylic acids is 1. The summed E-state index contributed by atoms with van der Waals surface area (Å²) in [5.41, 5.74) is 4.01. The van der Waals surface area contributed by atoms with Crippen LogP contribution in [0, 0.1) is 0 Å². The van der Waals surface area contributed by atoms with Crippen molar-refractivity contribution in [3.63, 3.8) is 0 Å². The topological polar surface area (TPSA) is 38.3 Å².